The molecule has 17 heavy (non-hydrogen) atoms. The van der Waals surface area contributed by atoms with Crippen LogP contribution in [0.2, 0.25) is 0 Å². The molecule has 0 atom stereocenters. The fourth-order valence-electron chi connectivity index (χ4n) is 1.24. The van der Waals surface area contributed by atoms with Crippen molar-refractivity contribution in [3.8, 4) is 5.75 Å². The maximum atomic E-state index is 11.7. The number of rotatable bonds is 6. The minimum Gasteiger partial charge on any atom is -0.467 e. The third kappa shape index (κ3) is 4.05. The van der Waals surface area contributed by atoms with Crippen LogP contribution >= 0.6 is 0 Å². The van der Waals surface area contributed by atoms with Gasteiger partial charge in [0.05, 0.1) is 0 Å². The third-order valence-electron chi connectivity index (χ3n) is 2.00. The van der Waals surface area contributed by atoms with E-state index in [0.717, 1.165) is 5.56 Å². The molecule has 0 radical (unpaired) electrons. The largest absolute Gasteiger partial charge is 0.467 e. The van der Waals surface area contributed by atoms with Crippen molar-refractivity contribution >= 4 is 5.97 Å². The van der Waals surface area contributed by atoms with E-state index < -0.39 is 5.97 Å². The van der Waals surface area contributed by atoms with Crippen LogP contribution in [0.15, 0.2) is 18.2 Å². The minimum absolute atomic E-state index is 0.0770. The summed E-state index contributed by atoms with van der Waals surface area (Å²) in [7, 11) is 2.96. The van der Waals surface area contributed by atoms with Gasteiger partial charge in [-0.1, -0.05) is 11.6 Å². The zero-order valence-electron chi connectivity index (χ0n) is 10.2. The topological polar surface area (TPSA) is 54.0 Å². The maximum Gasteiger partial charge on any atom is 0.344 e. The Morgan fingerprint density at radius 3 is 2.53 bits per heavy atom. The molecular weight excluding hydrogens is 224 g/mol. The molecule has 0 heterocycles. The monoisotopic (exact) mass is 240 g/mol. The van der Waals surface area contributed by atoms with Gasteiger partial charge in [0.15, 0.2) is 13.6 Å². The summed E-state index contributed by atoms with van der Waals surface area (Å²) in [6, 6.07) is 5.25. The van der Waals surface area contributed by atoms with Crippen LogP contribution < -0.4 is 4.74 Å². The predicted octanol–water partition coefficient (Wildman–Crippen LogP) is 1.74. The van der Waals surface area contributed by atoms with E-state index in [1.54, 1.807) is 12.1 Å². The summed E-state index contributed by atoms with van der Waals surface area (Å²) >= 11 is 0. The highest BCUT2D eigenvalue weighted by Crippen LogP contribution is 2.21. The van der Waals surface area contributed by atoms with Crippen LogP contribution in [-0.4, -0.2) is 33.8 Å². The summed E-state index contributed by atoms with van der Waals surface area (Å²) < 4.78 is 19.6. The SMILES string of the molecule is COCOC(=O)c1cc(C)ccc1OCOC. The summed E-state index contributed by atoms with van der Waals surface area (Å²) in [6.07, 6.45) is 0. The molecule has 0 fully saturated rings. The number of carbonyl (C=O) groups excluding carboxylic acids is 1. The van der Waals surface area contributed by atoms with Gasteiger partial charge in [-0.3, -0.25) is 0 Å². The molecule has 5 nitrogen and oxygen atoms in total. The first kappa shape index (κ1) is 13.5. The van der Waals surface area contributed by atoms with Crippen molar-refractivity contribution < 1.29 is 23.7 Å². The van der Waals surface area contributed by atoms with Crippen molar-refractivity contribution in [3.05, 3.63) is 29.3 Å². The van der Waals surface area contributed by atoms with Gasteiger partial charge in [0.2, 0.25) is 0 Å². The maximum absolute atomic E-state index is 11.7. The van der Waals surface area contributed by atoms with Gasteiger partial charge in [0, 0.05) is 14.2 Å². The highest BCUT2D eigenvalue weighted by Gasteiger charge is 2.14. The lowest BCUT2D eigenvalue weighted by Crippen LogP contribution is -2.11. The lowest BCUT2D eigenvalue weighted by atomic mass is 10.1. The summed E-state index contributed by atoms with van der Waals surface area (Å²) in [5.41, 5.74) is 1.30. The second-order valence-electron chi connectivity index (χ2n) is 3.39. The fourth-order valence-corrected chi connectivity index (χ4v) is 1.24. The Balaban J connectivity index is 2.85. The van der Waals surface area contributed by atoms with Gasteiger partial charge in [-0.05, 0) is 19.1 Å². The third-order valence-corrected chi connectivity index (χ3v) is 2.00. The van der Waals surface area contributed by atoms with Gasteiger partial charge < -0.3 is 18.9 Å². The molecule has 0 saturated carbocycles. The second-order valence-corrected chi connectivity index (χ2v) is 3.39. The van der Waals surface area contributed by atoms with Crippen molar-refractivity contribution in [1.29, 1.82) is 0 Å². The summed E-state index contributed by atoms with van der Waals surface area (Å²) in [5.74, 6) is -0.0554. The Labute approximate surface area is 100 Å². The molecule has 94 valence electrons. The van der Waals surface area contributed by atoms with Crippen LogP contribution in [0.25, 0.3) is 0 Å². The van der Waals surface area contributed by atoms with E-state index in [1.165, 1.54) is 14.2 Å². The first-order valence-corrected chi connectivity index (χ1v) is 5.07. The van der Waals surface area contributed by atoms with Crippen molar-refractivity contribution in [2.75, 3.05) is 27.8 Å². The van der Waals surface area contributed by atoms with E-state index >= 15 is 0 Å². The first-order chi connectivity index (χ1) is 8.19. The average Bonchev–Trinajstić information content (AvgIpc) is 2.34. The lowest BCUT2D eigenvalue weighted by Gasteiger charge is -2.11. The molecule has 0 amide bonds. The fraction of sp³-hybridized carbons (Fsp3) is 0.417. The van der Waals surface area contributed by atoms with Crippen LogP contribution in [0, 0.1) is 6.92 Å². The molecule has 1 rings (SSSR count). The van der Waals surface area contributed by atoms with E-state index in [-0.39, 0.29) is 13.6 Å². The van der Waals surface area contributed by atoms with Crippen LogP contribution in [0.3, 0.4) is 0 Å². The number of hydrogen-bond donors (Lipinski definition) is 0. The summed E-state index contributed by atoms with van der Waals surface area (Å²) in [5, 5.41) is 0. The normalized spacial score (nSPS) is 10.1. The Bertz CT molecular complexity index is 375. The van der Waals surface area contributed by atoms with Crippen LogP contribution in [-0.2, 0) is 14.2 Å². The van der Waals surface area contributed by atoms with E-state index in [0.29, 0.717) is 11.3 Å². The molecule has 0 unspecified atom stereocenters. The van der Waals surface area contributed by atoms with E-state index in [2.05, 4.69) is 4.74 Å². The quantitative estimate of drug-likeness (QED) is 0.560. The van der Waals surface area contributed by atoms with Gasteiger partial charge in [-0.25, -0.2) is 4.79 Å². The number of hydrogen-bond acceptors (Lipinski definition) is 5. The summed E-state index contributed by atoms with van der Waals surface area (Å²) in [6.45, 7) is 1.87. The van der Waals surface area contributed by atoms with Gasteiger partial charge >= 0.3 is 5.97 Å². The molecule has 1 aromatic carbocycles. The van der Waals surface area contributed by atoms with Crippen LogP contribution in [0.4, 0.5) is 0 Å². The highest BCUT2D eigenvalue weighted by atomic mass is 16.7. The highest BCUT2D eigenvalue weighted by molar-refractivity contribution is 5.92. The first-order valence-electron chi connectivity index (χ1n) is 5.07. The Hall–Kier alpha value is -1.59. The van der Waals surface area contributed by atoms with Crippen molar-refractivity contribution in [2.24, 2.45) is 0 Å². The molecule has 0 aliphatic carbocycles. The number of benzene rings is 1. The Morgan fingerprint density at radius 1 is 1.18 bits per heavy atom. The molecule has 0 aliphatic heterocycles. The molecule has 0 N–H and O–H groups in total. The van der Waals surface area contributed by atoms with Gasteiger partial charge in [-0.15, -0.1) is 0 Å². The zero-order chi connectivity index (χ0) is 12.7. The van der Waals surface area contributed by atoms with Crippen molar-refractivity contribution in [3.63, 3.8) is 0 Å². The van der Waals surface area contributed by atoms with Crippen LogP contribution in [0.5, 0.6) is 5.75 Å². The number of methoxy groups -OCH3 is 2. The Kier molecular flexibility index (Phi) is 5.45. The van der Waals surface area contributed by atoms with Crippen molar-refractivity contribution in [1.82, 2.24) is 0 Å². The number of aryl methyl sites for hydroxylation is 1. The lowest BCUT2D eigenvalue weighted by molar-refractivity contribution is -0.0132. The van der Waals surface area contributed by atoms with Crippen molar-refractivity contribution in [2.45, 2.75) is 6.92 Å². The molecule has 0 aliphatic rings. The van der Waals surface area contributed by atoms with Gasteiger partial charge in [0.1, 0.15) is 11.3 Å². The molecule has 0 spiro atoms. The second kappa shape index (κ2) is 6.88. The Morgan fingerprint density at radius 2 is 1.88 bits per heavy atom. The number of esters is 1. The van der Waals surface area contributed by atoms with E-state index in [4.69, 9.17) is 14.2 Å². The summed E-state index contributed by atoms with van der Waals surface area (Å²) in [4.78, 5) is 11.7. The zero-order valence-corrected chi connectivity index (χ0v) is 10.2. The van der Waals surface area contributed by atoms with Gasteiger partial charge in [-0.2, -0.15) is 0 Å². The molecule has 0 saturated heterocycles. The molecule has 1 aromatic rings. The predicted molar refractivity (Wildman–Crippen MR) is 61.0 cm³/mol. The van der Waals surface area contributed by atoms with E-state index in [1.807, 2.05) is 13.0 Å². The number of ether oxygens (including phenoxy) is 4. The average molecular weight is 240 g/mol. The van der Waals surface area contributed by atoms with Gasteiger partial charge in [0.25, 0.3) is 0 Å². The number of carbonyl (C=O) groups is 1. The van der Waals surface area contributed by atoms with E-state index in [9.17, 15) is 4.79 Å². The minimum atomic E-state index is -0.485. The molecular formula is C12H16O5. The molecule has 5 heteroatoms. The molecule has 0 bridgehead atoms. The standard InChI is InChI=1S/C12H16O5/c1-9-4-5-11(16-7-14-2)10(6-9)12(13)17-8-15-3/h4-6H,7-8H2,1-3H3. The van der Waals surface area contributed by atoms with Crippen LogP contribution in [0.1, 0.15) is 15.9 Å². The smallest absolute Gasteiger partial charge is 0.344 e. The molecule has 0 aromatic heterocycles.